The molecule has 0 aromatic carbocycles. The van der Waals surface area contributed by atoms with E-state index in [-0.39, 0.29) is 53.8 Å². The van der Waals surface area contributed by atoms with E-state index < -0.39 is 0 Å². The van der Waals surface area contributed by atoms with Crippen LogP contribution in [-0.4, -0.2) is 67.2 Å². The summed E-state index contributed by atoms with van der Waals surface area (Å²) in [5.41, 5.74) is 0. The minimum Gasteiger partial charge on any atom is 2.00 e. The van der Waals surface area contributed by atoms with Crippen molar-refractivity contribution in [3.05, 3.63) is 0 Å². The number of hydrogen-bond donors (Lipinski definition) is 0. The van der Waals surface area contributed by atoms with Gasteiger partial charge in [0.25, 0.3) is 0 Å². The van der Waals surface area contributed by atoms with Crippen LogP contribution in [0.2, 0.25) is 0 Å². The molecule has 0 atom stereocenters. The van der Waals surface area contributed by atoms with Crippen molar-refractivity contribution in [2.24, 2.45) is 0 Å². The van der Waals surface area contributed by atoms with Gasteiger partial charge in [0.05, 0.1) is 0 Å². The fraction of sp³-hybridized carbons (Fsp3) is 0. The van der Waals surface area contributed by atoms with E-state index in [1.165, 1.54) is 0 Å². The molecule has 0 aliphatic heterocycles. The Morgan fingerprint density at radius 2 is 1.50 bits per heavy atom. The van der Waals surface area contributed by atoms with Crippen LogP contribution in [0.4, 0.5) is 0 Å². The molecule has 0 fully saturated rings. The van der Waals surface area contributed by atoms with Gasteiger partial charge in [-0.3, -0.25) is 0 Å². The van der Waals surface area contributed by atoms with Crippen molar-refractivity contribution < 1.29 is 12.1 Å². The average Bonchev–Trinajstić information content (AvgIpc) is 1.00. The zero-order valence-corrected chi connectivity index (χ0v) is 7.21. The van der Waals surface area contributed by atoms with Gasteiger partial charge < -0.3 is 8.33 Å². The second kappa shape index (κ2) is 21.6. The van der Waals surface area contributed by atoms with E-state index in [4.69, 9.17) is 3.80 Å². The van der Waals surface area contributed by atoms with Crippen LogP contribution in [0.15, 0.2) is 0 Å². The Bertz CT molecular complexity index is 11.5. The largest absolute Gasteiger partial charge is 2.00 e. The van der Waals surface area contributed by atoms with Crippen molar-refractivity contribution in [1.29, 1.82) is 0 Å². The molecule has 2 nitrogen and oxygen atoms in total. The fourth-order valence-electron chi connectivity index (χ4n) is 0. The standard InChI is InChI=1S/Al.H2O.O.Sr.3H/h;1H2;;;;;/q;;;+2;;2*-1. The molecule has 4 heteroatoms. The van der Waals surface area contributed by atoms with E-state index in [0.29, 0.717) is 16.2 Å². The van der Waals surface area contributed by atoms with Gasteiger partial charge in [0, 0.05) is 0 Å². The molecule has 0 aliphatic carbocycles. The summed E-state index contributed by atoms with van der Waals surface area (Å²) in [6.07, 6.45) is 0. The average molecular weight is 152 g/mol. The predicted molar refractivity (Wildman–Crippen MR) is 19.4 cm³/mol. The van der Waals surface area contributed by atoms with Gasteiger partial charge in [-0.2, -0.15) is 0 Å². The van der Waals surface area contributed by atoms with Gasteiger partial charge >= 0.3 is 65.5 Å². The maximum Gasteiger partial charge on any atom is 2.00 e. The molecule has 0 unspecified atom stereocenters. The zero-order chi connectivity index (χ0) is 2.00. The first-order valence-corrected chi connectivity index (χ1v) is 0.866. The molecule has 0 saturated carbocycles. The first kappa shape index (κ1) is 17.1. The van der Waals surface area contributed by atoms with Crippen LogP contribution in [0.5, 0.6) is 0 Å². The molecule has 0 bridgehead atoms. The quantitative estimate of drug-likeness (QED) is 0.379. The summed E-state index contributed by atoms with van der Waals surface area (Å²) >= 11 is 0.611. The summed E-state index contributed by atoms with van der Waals surface area (Å²) in [4.78, 5) is 0. The number of rotatable bonds is 0. The second-order valence-electron chi connectivity index (χ2n) is 0. The second-order valence-corrected chi connectivity index (χ2v) is 0. The zero-order valence-electron chi connectivity index (χ0n) is 4.32. The molecule has 0 spiro atoms. The van der Waals surface area contributed by atoms with E-state index in [1.54, 1.807) is 0 Å². The van der Waals surface area contributed by atoms with Crippen LogP contribution >= 0.6 is 0 Å². The summed E-state index contributed by atoms with van der Waals surface area (Å²) in [7, 11) is 0. The van der Waals surface area contributed by atoms with Crippen molar-refractivity contribution >= 4 is 61.7 Å². The molecule has 0 aromatic heterocycles. The molecule has 0 amide bonds. The Morgan fingerprint density at radius 1 is 1.50 bits per heavy atom. The molecule has 0 radical (unpaired) electrons. The van der Waals surface area contributed by atoms with E-state index in [1.807, 2.05) is 0 Å². The smallest absolute Gasteiger partial charge is 2.00 e. The SMILES string of the molecule is O.[H-].[H-].[O]=[AlH].[Sr+2]. The Balaban J connectivity index is -0.000000000833. The molecule has 4 heavy (non-hydrogen) atoms. The minimum absolute atomic E-state index is 0. The van der Waals surface area contributed by atoms with Gasteiger partial charge in [-0.25, -0.2) is 0 Å². The molecule has 0 heterocycles. The summed E-state index contributed by atoms with van der Waals surface area (Å²) in [5, 5.41) is 0. The summed E-state index contributed by atoms with van der Waals surface area (Å²) in [5.74, 6) is 0. The maximum atomic E-state index is 8.28. The molecule has 0 saturated heterocycles. The van der Waals surface area contributed by atoms with E-state index in [2.05, 4.69) is 0 Å². The number of hydrogen-bond acceptors (Lipinski definition) is 1. The van der Waals surface area contributed by atoms with Gasteiger partial charge in [-0.15, -0.1) is 0 Å². The van der Waals surface area contributed by atoms with Crippen molar-refractivity contribution in [3.8, 4) is 0 Å². The first-order valence-electron chi connectivity index (χ1n) is 0.289. The Labute approximate surface area is 72.8 Å². The van der Waals surface area contributed by atoms with Gasteiger partial charge in [-0.05, 0) is 0 Å². The fourth-order valence-corrected chi connectivity index (χ4v) is 0. The van der Waals surface area contributed by atoms with Gasteiger partial charge in [0.2, 0.25) is 0 Å². The summed E-state index contributed by atoms with van der Waals surface area (Å²) < 4.78 is 8.28. The summed E-state index contributed by atoms with van der Waals surface area (Å²) in [6, 6.07) is 0. The molecular weight excluding hydrogens is 147 g/mol. The monoisotopic (exact) mass is 152 g/mol. The van der Waals surface area contributed by atoms with Gasteiger partial charge in [-0.1, -0.05) is 0 Å². The third-order valence-electron chi connectivity index (χ3n) is 0. The van der Waals surface area contributed by atoms with Crippen LogP contribution in [0, 0.1) is 0 Å². The molecule has 22 valence electrons. The Morgan fingerprint density at radius 3 is 1.50 bits per heavy atom. The first-order chi connectivity index (χ1) is 1.00. The van der Waals surface area contributed by atoms with E-state index >= 15 is 0 Å². The van der Waals surface area contributed by atoms with Gasteiger partial charge in [0.1, 0.15) is 0 Å². The molecule has 0 aromatic rings. The molecule has 2 N–H and O–H groups in total. The van der Waals surface area contributed by atoms with Crippen LogP contribution < -0.4 is 0 Å². The normalized spacial score (nSPS) is 0.750. The molecule has 0 rings (SSSR count). The molecule has 0 aliphatic rings. The van der Waals surface area contributed by atoms with E-state index in [0.717, 1.165) is 0 Å². The third-order valence-corrected chi connectivity index (χ3v) is 0. The van der Waals surface area contributed by atoms with Gasteiger partial charge in [0.15, 0.2) is 0 Å². The van der Waals surface area contributed by atoms with Crippen molar-refractivity contribution in [2.45, 2.75) is 0 Å². The van der Waals surface area contributed by atoms with Crippen molar-refractivity contribution in [1.82, 2.24) is 0 Å². The van der Waals surface area contributed by atoms with Crippen molar-refractivity contribution in [3.63, 3.8) is 0 Å². The van der Waals surface area contributed by atoms with Crippen LogP contribution in [0.25, 0.3) is 0 Å². The van der Waals surface area contributed by atoms with Crippen molar-refractivity contribution in [2.75, 3.05) is 0 Å². The third kappa shape index (κ3) is 9.23. The van der Waals surface area contributed by atoms with Crippen LogP contribution in [0.1, 0.15) is 2.85 Å². The Hall–Kier alpha value is 1.77. The topological polar surface area (TPSA) is 48.6 Å². The summed E-state index contributed by atoms with van der Waals surface area (Å²) in [6.45, 7) is 0. The predicted octanol–water partition coefficient (Wildman–Crippen LogP) is -1.75. The van der Waals surface area contributed by atoms with Crippen LogP contribution in [0.3, 0.4) is 0 Å². The van der Waals surface area contributed by atoms with E-state index in [9.17, 15) is 0 Å². The Kier molecular flexibility index (Phi) is 92.4. The van der Waals surface area contributed by atoms with Crippen LogP contribution in [-0.2, 0) is 3.80 Å². The minimum atomic E-state index is 0. The maximum absolute atomic E-state index is 8.28. The molecular formula is H5AlO2Sr.